The topological polar surface area (TPSA) is 125 Å². The molecule has 4 aromatic carbocycles. The van der Waals surface area contributed by atoms with Gasteiger partial charge in [0.05, 0.1) is 48.8 Å². The lowest BCUT2D eigenvalue weighted by Gasteiger charge is -2.26. The number of hydrogen-bond acceptors (Lipinski definition) is 7. The Hall–Kier alpha value is -5.17. The van der Waals surface area contributed by atoms with Crippen molar-refractivity contribution in [3.05, 3.63) is 130 Å². The quantitative estimate of drug-likeness (QED) is 0.0624. The van der Waals surface area contributed by atoms with Crippen molar-refractivity contribution in [3.8, 4) is 0 Å². The number of carbonyl (C=O) groups excluding carboxylic acids is 1. The largest absolute Gasteiger partial charge is 0.344 e. The van der Waals surface area contributed by atoms with E-state index in [2.05, 4.69) is 75.8 Å². The standard InChI is InChI=1S/C39H43N6O5S/c1-7-42-34-23-15-27-11-8-9-12-32(27)36(34)39(2,3)35(42)24-22-33-37(28-13-16-30(17-14-28)44(47)48)41-43(38(33)46)29-18-20-31(21-19-29)51(49,50)40-25-10-26-45(4,5)6/h8-9,11-24,40H,7,10,25-26H2,1-6H3/q+1/b33-22-,35-24+. The summed E-state index contributed by atoms with van der Waals surface area (Å²) in [6, 6.07) is 24.5. The number of quaternary nitrogens is 1. The summed E-state index contributed by atoms with van der Waals surface area (Å²) in [6.07, 6.45) is 4.43. The van der Waals surface area contributed by atoms with Gasteiger partial charge in [-0.2, -0.15) is 10.1 Å². The normalized spacial score (nSPS) is 17.5. The maximum Gasteiger partial charge on any atom is 0.281 e. The highest BCUT2D eigenvalue weighted by molar-refractivity contribution is 7.89. The summed E-state index contributed by atoms with van der Waals surface area (Å²) in [5.41, 5.74) is 4.45. The van der Waals surface area contributed by atoms with E-state index >= 15 is 0 Å². The molecule has 1 amide bonds. The Bertz CT molecular complexity index is 2220. The van der Waals surface area contributed by atoms with Gasteiger partial charge in [0.15, 0.2) is 0 Å². The number of anilines is 2. The predicted molar refractivity (Wildman–Crippen MR) is 202 cm³/mol. The molecule has 0 fully saturated rings. The highest BCUT2D eigenvalue weighted by atomic mass is 32.2. The van der Waals surface area contributed by atoms with E-state index in [1.807, 2.05) is 18.2 Å². The third-order valence-corrected chi connectivity index (χ3v) is 10.9. The summed E-state index contributed by atoms with van der Waals surface area (Å²) in [5, 5.41) is 19.7. The average Bonchev–Trinajstić information content (AvgIpc) is 3.54. The molecule has 0 saturated carbocycles. The molecule has 0 saturated heterocycles. The number of fused-ring (bicyclic) bond motifs is 3. The average molecular weight is 708 g/mol. The number of non-ortho nitro benzene ring substituents is 1. The molecule has 1 N–H and O–H groups in total. The van der Waals surface area contributed by atoms with Crippen LogP contribution in [0.15, 0.2) is 118 Å². The molecule has 0 spiro atoms. The van der Waals surface area contributed by atoms with Crippen LogP contribution in [-0.4, -0.2) is 70.2 Å². The van der Waals surface area contributed by atoms with Crippen LogP contribution < -0.4 is 14.6 Å². The zero-order valence-corrected chi connectivity index (χ0v) is 30.6. The van der Waals surface area contributed by atoms with E-state index in [1.165, 1.54) is 40.2 Å². The summed E-state index contributed by atoms with van der Waals surface area (Å²) in [6.45, 7) is 8.30. The number of amides is 1. The molecule has 2 aliphatic rings. The van der Waals surface area contributed by atoms with Crippen LogP contribution in [-0.2, 0) is 20.2 Å². The summed E-state index contributed by atoms with van der Waals surface area (Å²) in [5.74, 6) is -0.406. The lowest BCUT2D eigenvalue weighted by atomic mass is 9.81. The minimum absolute atomic E-state index is 0.0765. The fourth-order valence-corrected chi connectivity index (χ4v) is 7.92. The van der Waals surface area contributed by atoms with Gasteiger partial charge < -0.3 is 9.38 Å². The maximum atomic E-state index is 14.2. The smallest absolute Gasteiger partial charge is 0.281 e. The van der Waals surface area contributed by atoms with Crippen LogP contribution in [0.5, 0.6) is 0 Å². The number of nitro benzene ring substituents is 1. The van der Waals surface area contributed by atoms with Crippen LogP contribution in [0.3, 0.4) is 0 Å². The number of likely N-dealkylation sites (N-methyl/N-ethyl adjacent to an activating group) is 1. The summed E-state index contributed by atoms with van der Waals surface area (Å²) in [4.78, 5) is 27.4. The number of nitro groups is 1. The van der Waals surface area contributed by atoms with Gasteiger partial charge >= 0.3 is 0 Å². The van der Waals surface area contributed by atoms with Crippen molar-refractivity contribution >= 4 is 49.5 Å². The van der Waals surface area contributed by atoms with E-state index in [4.69, 9.17) is 5.10 Å². The lowest BCUT2D eigenvalue weighted by molar-refractivity contribution is -0.870. The van der Waals surface area contributed by atoms with Crippen molar-refractivity contribution in [2.24, 2.45) is 5.10 Å². The second kappa shape index (κ2) is 13.5. The summed E-state index contributed by atoms with van der Waals surface area (Å²) in [7, 11) is 2.40. The fourth-order valence-electron chi connectivity index (χ4n) is 6.84. The first-order chi connectivity index (χ1) is 24.1. The molecule has 0 atom stereocenters. The molecule has 51 heavy (non-hydrogen) atoms. The molecule has 0 bridgehead atoms. The van der Waals surface area contributed by atoms with Crippen LogP contribution >= 0.6 is 0 Å². The van der Waals surface area contributed by atoms with Gasteiger partial charge in [0.1, 0.15) is 5.71 Å². The molecule has 0 aromatic heterocycles. The molecule has 2 aliphatic heterocycles. The van der Waals surface area contributed by atoms with E-state index in [0.717, 1.165) is 27.8 Å². The number of hydrazone groups is 1. The van der Waals surface area contributed by atoms with Gasteiger partial charge in [0, 0.05) is 54.0 Å². The van der Waals surface area contributed by atoms with E-state index < -0.39 is 26.3 Å². The first-order valence-electron chi connectivity index (χ1n) is 16.9. The van der Waals surface area contributed by atoms with Crippen molar-refractivity contribution in [2.75, 3.05) is 50.7 Å². The Morgan fingerprint density at radius 1 is 0.941 bits per heavy atom. The predicted octanol–water partition coefficient (Wildman–Crippen LogP) is 6.50. The van der Waals surface area contributed by atoms with Crippen molar-refractivity contribution in [1.29, 1.82) is 0 Å². The van der Waals surface area contributed by atoms with Crippen LogP contribution in [0.2, 0.25) is 0 Å². The van der Waals surface area contributed by atoms with Gasteiger partial charge in [-0.15, -0.1) is 0 Å². The van der Waals surface area contributed by atoms with Crippen molar-refractivity contribution in [2.45, 2.75) is 37.5 Å². The van der Waals surface area contributed by atoms with Crippen LogP contribution in [0.25, 0.3) is 10.8 Å². The minimum atomic E-state index is -3.76. The van der Waals surface area contributed by atoms with Gasteiger partial charge in [-0.3, -0.25) is 14.9 Å². The zero-order chi connectivity index (χ0) is 36.7. The molecule has 4 aromatic rings. The van der Waals surface area contributed by atoms with Gasteiger partial charge in [-0.25, -0.2) is 13.1 Å². The van der Waals surface area contributed by atoms with E-state index in [0.29, 0.717) is 42.0 Å². The third kappa shape index (κ3) is 6.94. The van der Waals surface area contributed by atoms with Crippen LogP contribution in [0, 0.1) is 10.1 Å². The molecule has 0 unspecified atom stereocenters. The number of allylic oxidation sites excluding steroid dienone is 3. The number of sulfonamides is 1. The highest BCUT2D eigenvalue weighted by Gasteiger charge is 2.41. The Morgan fingerprint density at radius 3 is 2.27 bits per heavy atom. The molecule has 264 valence electrons. The van der Waals surface area contributed by atoms with Gasteiger partial charge in [-0.1, -0.05) is 44.2 Å². The molecule has 0 aliphatic carbocycles. The molecule has 12 heteroatoms. The monoisotopic (exact) mass is 707 g/mol. The number of hydrogen-bond donors (Lipinski definition) is 1. The molecule has 2 heterocycles. The highest BCUT2D eigenvalue weighted by Crippen LogP contribution is 2.50. The van der Waals surface area contributed by atoms with Gasteiger partial charge in [0.25, 0.3) is 11.6 Å². The number of carbonyl (C=O) groups is 1. The first-order valence-corrected chi connectivity index (χ1v) is 18.4. The number of benzene rings is 4. The minimum Gasteiger partial charge on any atom is -0.344 e. The van der Waals surface area contributed by atoms with Gasteiger partial charge in [-0.05, 0) is 77.9 Å². The van der Waals surface area contributed by atoms with Crippen molar-refractivity contribution in [1.82, 2.24) is 4.72 Å². The molecule has 6 rings (SSSR count). The van der Waals surface area contributed by atoms with Gasteiger partial charge in [0.2, 0.25) is 10.0 Å². The number of nitrogens with one attached hydrogen (secondary N) is 1. The molecular weight excluding hydrogens is 665 g/mol. The van der Waals surface area contributed by atoms with Crippen LogP contribution in [0.1, 0.15) is 38.3 Å². The third-order valence-electron chi connectivity index (χ3n) is 9.40. The summed E-state index contributed by atoms with van der Waals surface area (Å²) < 4.78 is 29.4. The fraction of sp³-hybridized carbons (Fsp3) is 0.282. The molecule has 11 nitrogen and oxygen atoms in total. The number of nitrogens with zero attached hydrogens (tertiary/aromatic N) is 5. The van der Waals surface area contributed by atoms with E-state index in [1.54, 1.807) is 30.3 Å². The Balaban J connectivity index is 1.36. The van der Waals surface area contributed by atoms with Crippen molar-refractivity contribution in [3.63, 3.8) is 0 Å². The van der Waals surface area contributed by atoms with Crippen LogP contribution in [0.4, 0.5) is 17.1 Å². The zero-order valence-electron chi connectivity index (χ0n) is 29.8. The summed E-state index contributed by atoms with van der Waals surface area (Å²) >= 11 is 0. The van der Waals surface area contributed by atoms with E-state index in [-0.39, 0.29) is 10.6 Å². The van der Waals surface area contributed by atoms with E-state index in [9.17, 15) is 23.3 Å². The molecular formula is C39H43N6O5S+. The Morgan fingerprint density at radius 2 is 1.63 bits per heavy atom. The SMILES string of the molecule is CCN1/C(=C/C=C2\C(=O)N(c3ccc(S(=O)(=O)NCCC[N+](C)(C)C)cc3)N=C2c2ccc([N+](=O)[O-])cc2)C(C)(C)c2c1ccc1ccccc21. The Labute approximate surface area is 299 Å². The molecule has 0 radical (unpaired) electrons. The second-order valence-corrected chi connectivity index (χ2v) is 16.1. The Kier molecular flexibility index (Phi) is 9.45. The number of rotatable bonds is 11. The second-order valence-electron chi connectivity index (χ2n) is 14.3. The lowest BCUT2D eigenvalue weighted by Crippen LogP contribution is -2.37. The maximum absolute atomic E-state index is 14.2. The first kappa shape index (κ1) is 35.6. The van der Waals surface area contributed by atoms with Crippen molar-refractivity contribution < 1.29 is 22.6 Å².